The average molecular weight is 314 g/mol. The fourth-order valence-corrected chi connectivity index (χ4v) is 2.94. The van der Waals surface area contributed by atoms with Crippen LogP contribution in [0.25, 0.3) is 0 Å². The normalized spacial score (nSPS) is 10.6. The highest BCUT2D eigenvalue weighted by Gasteiger charge is 2.05. The van der Waals surface area contributed by atoms with E-state index in [2.05, 4.69) is 21.2 Å². The quantitative estimate of drug-likeness (QED) is 0.760. The molecule has 1 heterocycles. The summed E-state index contributed by atoms with van der Waals surface area (Å²) in [5, 5.41) is 22.2. The molecule has 0 saturated carbocycles. The van der Waals surface area contributed by atoms with Gasteiger partial charge in [-0.3, -0.25) is 0 Å². The predicted molar refractivity (Wildman–Crippen MR) is 72.3 cm³/mol. The van der Waals surface area contributed by atoms with Crippen LogP contribution in [0.2, 0.25) is 0 Å². The molecule has 2 aromatic rings. The summed E-state index contributed by atoms with van der Waals surface area (Å²) in [5.41, 5.74) is 0.695. The molecule has 0 amide bonds. The minimum absolute atomic E-state index is 0.0487. The number of rotatable bonds is 4. The van der Waals surface area contributed by atoms with Gasteiger partial charge in [-0.2, -0.15) is 0 Å². The lowest BCUT2D eigenvalue weighted by Gasteiger charge is -2.06. The summed E-state index contributed by atoms with van der Waals surface area (Å²) in [7, 11) is 0. The van der Waals surface area contributed by atoms with E-state index < -0.39 is 0 Å². The summed E-state index contributed by atoms with van der Waals surface area (Å²) in [4.78, 5) is 1.22. The monoisotopic (exact) mass is 313 g/mol. The number of phenols is 2. The maximum atomic E-state index is 9.60. The second kappa shape index (κ2) is 5.53. The van der Waals surface area contributed by atoms with Gasteiger partial charge in [-0.1, -0.05) is 12.1 Å². The Morgan fingerprint density at radius 2 is 1.94 bits per heavy atom. The zero-order chi connectivity index (χ0) is 12.3. The van der Waals surface area contributed by atoms with Crippen LogP contribution in [-0.2, 0) is 13.1 Å². The van der Waals surface area contributed by atoms with Crippen molar-refractivity contribution in [2.45, 2.75) is 13.1 Å². The van der Waals surface area contributed by atoms with Crippen LogP contribution >= 0.6 is 27.3 Å². The third-order valence-corrected chi connectivity index (χ3v) is 3.97. The standard InChI is InChI=1S/C12H12BrNO2S/c13-11-5-4-9(17-11)7-14-6-8-2-1-3-10(15)12(8)16/h1-5,14-16H,6-7H2. The Balaban J connectivity index is 1.92. The number of thiophene rings is 1. The number of hydrogen-bond donors (Lipinski definition) is 3. The average Bonchev–Trinajstić information content (AvgIpc) is 2.70. The second-order valence-corrected chi connectivity index (χ2v) is 6.14. The summed E-state index contributed by atoms with van der Waals surface area (Å²) >= 11 is 5.08. The molecule has 3 nitrogen and oxygen atoms in total. The largest absolute Gasteiger partial charge is 0.504 e. The lowest BCUT2D eigenvalue weighted by Crippen LogP contribution is -2.11. The van der Waals surface area contributed by atoms with Gasteiger partial charge in [0.25, 0.3) is 0 Å². The van der Waals surface area contributed by atoms with Gasteiger partial charge in [0.1, 0.15) is 0 Å². The third-order valence-electron chi connectivity index (χ3n) is 2.34. The van der Waals surface area contributed by atoms with E-state index in [0.717, 1.165) is 10.3 Å². The van der Waals surface area contributed by atoms with Crippen LogP contribution in [0, 0.1) is 0 Å². The summed E-state index contributed by atoms with van der Waals surface area (Å²) in [6.45, 7) is 1.26. The molecule has 1 aromatic heterocycles. The first-order valence-corrected chi connectivity index (χ1v) is 6.72. The SMILES string of the molecule is Oc1cccc(CNCc2ccc(Br)s2)c1O. The molecule has 0 radical (unpaired) electrons. The van der Waals surface area contributed by atoms with Gasteiger partial charge < -0.3 is 15.5 Å². The summed E-state index contributed by atoms with van der Waals surface area (Å²) < 4.78 is 1.11. The molecule has 2 rings (SSSR count). The van der Waals surface area contributed by atoms with Crippen LogP contribution < -0.4 is 5.32 Å². The van der Waals surface area contributed by atoms with Gasteiger partial charge >= 0.3 is 0 Å². The lowest BCUT2D eigenvalue weighted by molar-refractivity contribution is 0.398. The van der Waals surface area contributed by atoms with E-state index in [1.54, 1.807) is 23.5 Å². The van der Waals surface area contributed by atoms with E-state index in [4.69, 9.17) is 0 Å². The highest BCUT2D eigenvalue weighted by molar-refractivity contribution is 9.11. The topological polar surface area (TPSA) is 52.5 Å². The Morgan fingerprint density at radius 3 is 2.65 bits per heavy atom. The van der Waals surface area contributed by atoms with Gasteiger partial charge in [-0.05, 0) is 34.1 Å². The number of aromatic hydroxyl groups is 2. The smallest absolute Gasteiger partial charge is 0.161 e. The minimum atomic E-state index is -0.0804. The number of halogens is 1. The molecule has 3 N–H and O–H groups in total. The molecule has 0 aliphatic rings. The number of hydrogen-bond acceptors (Lipinski definition) is 4. The van der Waals surface area contributed by atoms with Gasteiger partial charge in [0.2, 0.25) is 0 Å². The van der Waals surface area contributed by atoms with Gasteiger partial charge in [0.15, 0.2) is 11.5 Å². The highest BCUT2D eigenvalue weighted by Crippen LogP contribution is 2.28. The molecule has 0 fully saturated rings. The molecular formula is C12H12BrNO2S. The Labute approximate surface area is 112 Å². The minimum Gasteiger partial charge on any atom is -0.504 e. The summed E-state index contributed by atoms with van der Waals surface area (Å²) in [5.74, 6) is -0.129. The third kappa shape index (κ3) is 3.21. The first-order valence-electron chi connectivity index (χ1n) is 5.11. The fraction of sp³-hybridized carbons (Fsp3) is 0.167. The summed E-state index contributed by atoms with van der Waals surface area (Å²) in [6, 6.07) is 9.02. The van der Waals surface area contributed by atoms with Crippen molar-refractivity contribution in [3.8, 4) is 11.5 Å². The van der Waals surface area contributed by atoms with E-state index in [1.165, 1.54) is 10.9 Å². The predicted octanol–water partition coefficient (Wildman–Crippen LogP) is 3.21. The van der Waals surface area contributed by atoms with Crippen LogP contribution in [0.4, 0.5) is 0 Å². The fourth-order valence-electron chi connectivity index (χ4n) is 1.49. The Morgan fingerprint density at radius 1 is 1.12 bits per heavy atom. The molecule has 0 atom stereocenters. The number of para-hydroxylation sites is 1. The van der Waals surface area contributed by atoms with Crippen molar-refractivity contribution in [3.63, 3.8) is 0 Å². The van der Waals surface area contributed by atoms with E-state index in [0.29, 0.717) is 12.1 Å². The molecule has 0 saturated heterocycles. The zero-order valence-corrected chi connectivity index (χ0v) is 11.4. The van der Waals surface area contributed by atoms with Crippen molar-refractivity contribution >= 4 is 27.3 Å². The van der Waals surface area contributed by atoms with Crippen molar-refractivity contribution < 1.29 is 10.2 Å². The van der Waals surface area contributed by atoms with E-state index >= 15 is 0 Å². The molecule has 5 heteroatoms. The number of benzene rings is 1. The van der Waals surface area contributed by atoms with Crippen LogP contribution in [0.1, 0.15) is 10.4 Å². The van der Waals surface area contributed by atoms with Gasteiger partial charge in [-0.25, -0.2) is 0 Å². The van der Waals surface area contributed by atoms with E-state index in [9.17, 15) is 10.2 Å². The maximum Gasteiger partial charge on any atom is 0.161 e. The molecule has 1 aromatic carbocycles. The molecule has 0 spiro atoms. The Hall–Kier alpha value is -1.04. The molecule has 0 aliphatic carbocycles. The van der Waals surface area contributed by atoms with Crippen molar-refractivity contribution in [1.29, 1.82) is 0 Å². The Bertz CT molecular complexity index is 513. The van der Waals surface area contributed by atoms with Crippen LogP contribution in [0.3, 0.4) is 0 Å². The van der Waals surface area contributed by atoms with Crippen LogP contribution in [0.5, 0.6) is 11.5 Å². The first-order chi connectivity index (χ1) is 8.16. The number of phenolic OH excluding ortho intramolecular Hbond substituents is 2. The molecule has 0 bridgehead atoms. The zero-order valence-electron chi connectivity index (χ0n) is 8.98. The maximum absolute atomic E-state index is 9.60. The molecule has 90 valence electrons. The van der Waals surface area contributed by atoms with Crippen molar-refractivity contribution in [3.05, 3.63) is 44.6 Å². The van der Waals surface area contributed by atoms with Crippen molar-refractivity contribution in [1.82, 2.24) is 5.32 Å². The highest BCUT2D eigenvalue weighted by atomic mass is 79.9. The van der Waals surface area contributed by atoms with E-state index in [-0.39, 0.29) is 11.5 Å². The molecule has 0 unspecified atom stereocenters. The first kappa shape index (κ1) is 12.4. The number of nitrogens with one attached hydrogen (secondary N) is 1. The van der Waals surface area contributed by atoms with Crippen LogP contribution in [-0.4, -0.2) is 10.2 Å². The molecule has 17 heavy (non-hydrogen) atoms. The van der Waals surface area contributed by atoms with Gasteiger partial charge in [0, 0.05) is 23.5 Å². The van der Waals surface area contributed by atoms with E-state index in [1.807, 2.05) is 12.1 Å². The van der Waals surface area contributed by atoms with Crippen molar-refractivity contribution in [2.24, 2.45) is 0 Å². The molecular weight excluding hydrogens is 302 g/mol. The van der Waals surface area contributed by atoms with Crippen molar-refractivity contribution in [2.75, 3.05) is 0 Å². The second-order valence-electron chi connectivity index (χ2n) is 3.59. The lowest BCUT2D eigenvalue weighted by atomic mass is 10.2. The summed E-state index contributed by atoms with van der Waals surface area (Å²) in [6.07, 6.45) is 0. The Kier molecular flexibility index (Phi) is 4.04. The van der Waals surface area contributed by atoms with Crippen LogP contribution in [0.15, 0.2) is 34.1 Å². The van der Waals surface area contributed by atoms with Gasteiger partial charge in [0.05, 0.1) is 3.79 Å². The molecule has 0 aliphatic heterocycles. The van der Waals surface area contributed by atoms with Gasteiger partial charge in [-0.15, -0.1) is 11.3 Å².